The Labute approximate surface area is 195 Å². The maximum Gasteiger partial charge on any atom is 0.404 e. The van der Waals surface area contributed by atoms with Gasteiger partial charge < -0.3 is 4.74 Å². The number of hydrogen-bond acceptors (Lipinski definition) is 2. The summed E-state index contributed by atoms with van der Waals surface area (Å²) in [6, 6.07) is 0. The smallest absolute Gasteiger partial charge is 0.404 e. The average Bonchev–Trinajstić information content (AvgIpc) is 3.05. The molecule has 3 heteroatoms. The normalized spacial score (nSPS) is 45.0. The quantitative estimate of drug-likeness (QED) is 0.300. The minimum Gasteiger partial charge on any atom is -0.450 e. The summed E-state index contributed by atoms with van der Waals surface area (Å²) in [5, 5.41) is 0. The van der Waals surface area contributed by atoms with Gasteiger partial charge in [0.1, 0.15) is 6.10 Å². The van der Waals surface area contributed by atoms with Crippen molar-refractivity contribution in [1.82, 2.24) is 0 Å². The molecule has 4 aliphatic carbocycles. The van der Waals surface area contributed by atoms with E-state index in [0.717, 1.165) is 54.8 Å². The molecule has 0 bridgehead atoms. The van der Waals surface area contributed by atoms with E-state index in [1.165, 1.54) is 44.9 Å². The molecule has 9 atom stereocenters. The first-order chi connectivity index (χ1) is 14.6. The molecule has 0 aliphatic heterocycles. The van der Waals surface area contributed by atoms with E-state index >= 15 is 0 Å². The molecule has 3 saturated carbocycles. The Balaban J connectivity index is 1.47. The van der Waals surface area contributed by atoms with Crippen LogP contribution in [0.2, 0.25) is 0 Å². The number of halogens is 1. The highest BCUT2D eigenvalue weighted by Gasteiger charge is 2.59. The minimum absolute atomic E-state index is 0.000631. The molecule has 0 spiro atoms. The van der Waals surface area contributed by atoms with E-state index in [2.05, 4.69) is 46.8 Å². The van der Waals surface area contributed by atoms with Crippen LogP contribution in [0.4, 0.5) is 4.79 Å². The Kier molecular flexibility index (Phi) is 6.89. The Bertz CT molecular complexity index is 686. The predicted molar refractivity (Wildman–Crippen MR) is 129 cm³/mol. The second-order valence-corrected chi connectivity index (χ2v) is 12.9. The van der Waals surface area contributed by atoms with Crippen LogP contribution in [-0.2, 0) is 4.74 Å². The van der Waals surface area contributed by atoms with Crippen LogP contribution >= 0.6 is 11.6 Å². The molecule has 0 saturated heterocycles. The molecule has 0 aromatic rings. The summed E-state index contributed by atoms with van der Waals surface area (Å²) in [6.07, 6.45) is 18.1. The molecule has 4 rings (SSSR count). The summed E-state index contributed by atoms with van der Waals surface area (Å²) in [4.78, 5) is 11.3. The van der Waals surface area contributed by atoms with Crippen LogP contribution in [0.1, 0.15) is 98.8 Å². The van der Waals surface area contributed by atoms with Crippen LogP contribution in [-0.4, -0.2) is 11.5 Å². The molecule has 0 radical (unpaired) electrons. The average molecular weight is 449 g/mol. The maximum atomic E-state index is 11.3. The monoisotopic (exact) mass is 448 g/mol. The lowest BCUT2D eigenvalue weighted by Gasteiger charge is -2.59. The Hall–Kier alpha value is -0.500. The van der Waals surface area contributed by atoms with Gasteiger partial charge in [-0.3, -0.25) is 0 Å². The van der Waals surface area contributed by atoms with E-state index in [1.807, 2.05) is 0 Å². The number of ether oxygens (including phenoxy) is 1. The highest BCUT2D eigenvalue weighted by Crippen LogP contribution is 2.67. The standard InChI is InChI=1S/C28H45ClO2/c1-18(2)7-6-8-19(3)23-11-12-24-22-10-9-20-17-21(31-26(29)30)13-15-27(20,4)25(22)14-16-28(23,24)5/h9-10,18-25H,6-8,11-17H2,1-5H3/t19-,20?,21+,22+,23-,24+,25+,27+,28-/m1/s1. The van der Waals surface area contributed by atoms with E-state index < -0.39 is 5.43 Å². The van der Waals surface area contributed by atoms with Crippen LogP contribution in [0.3, 0.4) is 0 Å². The summed E-state index contributed by atoms with van der Waals surface area (Å²) < 4.78 is 5.39. The molecule has 0 aromatic heterocycles. The van der Waals surface area contributed by atoms with Gasteiger partial charge >= 0.3 is 5.43 Å². The topological polar surface area (TPSA) is 26.3 Å². The highest BCUT2D eigenvalue weighted by atomic mass is 35.5. The molecule has 2 nitrogen and oxygen atoms in total. The first-order valence-electron chi connectivity index (χ1n) is 13.2. The van der Waals surface area contributed by atoms with Crippen LogP contribution in [0.25, 0.3) is 0 Å². The van der Waals surface area contributed by atoms with E-state index in [9.17, 15) is 4.79 Å². The lowest BCUT2D eigenvalue weighted by atomic mass is 9.46. The Morgan fingerprint density at radius 2 is 1.71 bits per heavy atom. The van der Waals surface area contributed by atoms with Crippen LogP contribution in [0, 0.1) is 52.3 Å². The molecule has 4 aliphatic rings. The Morgan fingerprint density at radius 1 is 1.00 bits per heavy atom. The van der Waals surface area contributed by atoms with Crippen LogP contribution in [0.5, 0.6) is 0 Å². The molecule has 176 valence electrons. The van der Waals surface area contributed by atoms with Gasteiger partial charge in [0, 0.05) is 11.6 Å². The zero-order chi connectivity index (χ0) is 22.4. The summed E-state index contributed by atoms with van der Waals surface area (Å²) >= 11 is 5.51. The fourth-order valence-corrected chi connectivity index (χ4v) is 8.97. The molecule has 0 N–H and O–H groups in total. The summed E-state index contributed by atoms with van der Waals surface area (Å²) in [7, 11) is 0. The van der Waals surface area contributed by atoms with Gasteiger partial charge in [0.2, 0.25) is 0 Å². The summed E-state index contributed by atoms with van der Waals surface area (Å²) in [6.45, 7) is 12.5. The van der Waals surface area contributed by atoms with E-state index in [0.29, 0.717) is 16.7 Å². The minimum atomic E-state index is -0.640. The van der Waals surface area contributed by atoms with Crippen LogP contribution < -0.4 is 0 Å². The predicted octanol–water partition coefficient (Wildman–Crippen LogP) is 8.63. The third-order valence-corrected chi connectivity index (χ3v) is 10.7. The molecule has 0 aromatic carbocycles. The second-order valence-electron chi connectivity index (χ2n) is 12.6. The third kappa shape index (κ3) is 4.36. The molecule has 0 amide bonds. The van der Waals surface area contributed by atoms with Gasteiger partial charge in [0.25, 0.3) is 0 Å². The van der Waals surface area contributed by atoms with Crippen LogP contribution in [0.15, 0.2) is 12.2 Å². The van der Waals surface area contributed by atoms with Gasteiger partial charge in [-0.15, -0.1) is 0 Å². The second kappa shape index (κ2) is 9.03. The van der Waals surface area contributed by atoms with E-state index in [1.54, 1.807) is 0 Å². The molecule has 3 fully saturated rings. The van der Waals surface area contributed by atoms with Gasteiger partial charge in [-0.25, -0.2) is 4.79 Å². The Morgan fingerprint density at radius 3 is 2.42 bits per heavy atom. The molecular formula is C28H45ClO2. The summed E-state index contributed by atoms with van der Waals surface area (Å²) in [5.41, 5.74) is 0.244. The van der Waals surface area contributed by atoms with Crippen molar-refractivity contribution >= 4 is 17.0 Å². The number of carbonyl (C=O) groups excluding carboxylic acids is 1. The zero-order valence-corrected chi connectivity index (χ0v) is 21.3. The fraction of sp³-hybridized carbons (Fsp3) is 0.893. The van der Waals surface area contributed by atoms with Crippen molar-refractivity contribution in [2.24, 2.45) is 52.3 Å². The number of fused-ring (bicyclic) bond motifs is 5. The highest BCUT2D eigenvalue weighted by molar-refractivity contribution is 6.61. The number of rotatable bonds is 6. The SMILES string of the molecule is CC(C)CCC[C@@H](C)[C@H]1CC[C@H]2[C@@H]3C=CC4C[C@@H](OC(=O)Cl)CC[C@]4(C)[C@H]3CC[C@]12C. The van der Waals surface area contributed by atoms with Gasteiger partial charge in [0.05, 0.1) is 0 Å². The van der Waals surface area contributed by atoms with Crippen molar-refractivity contribution in [3.05, 3.63) is 12.2 Å². The number of carbonyl (C=O) groups is 1. The molecule has 31 heavy (non-hydrogen) atoms. The van der Waals surface area contributed by atoms with Crippen molar-refractivity contribution in [3.8, 4) is 0 Å². The summed E-state index contributed by atoms with van der Waals surface area (Å²) in [5.74, 6) is 5.53. The van der Waals surface area contributed by atoms with E-state index in [-0.39, 0.29) is 6.10 Å². The lowest BCUT2D eigenvalue weighted by molar-refractivity contribution is -0.0812. The number of hydrogen-bond donors (Lipinski definition) is 0. The van der Waals surface area contributed by atoms with Crippen molar-refractivity contribution in [3.63, 3.8) is 0 Å². The lowest BCUT2D eigenvalue weighted by Crippen LogP contribution is -2.52. The molecule has 1 unspecified atom stereocenters. The molecular weight excluding hydrogens is 404 g/mol. The number of allylic oxidation sites excluding steroid dienone is 2. The van der Waals surface area contributed by atoms with Gasteiger partial charge in [-0.05, 0) is 97.2 Å². The van der Waals surface area contributed by atoms with Crippen molar-refractivity contribution in [1.29, 1.82) is 0 Å². The van der Waals surface area contributed by atoms with Crippen molar-refractivity contribution in [2.45, 2.75) is 105 Å². The van der Waals surface area contributed by atoms with Gasteiger partial charge in [0.15, 0.2) is 0 Å². The molecule has 0 heterocycles. The maximum absolute atomic E-state index is 11.3. The van der Waals surface area contributed by atoms with Crippen molar-refractivity contribution in [2.75, 3.05) is 0 Å². The third-order valence-electron chi connectivity index (χ3n) is 10.6. The van der Waals surface area contributed by atoms with Gasteiger partial charge in [-0.1, -0.05) is 66.0 Å². The first kappa shape index (κ1) is 23.7. The first-order valence-corrected chi connectivity index (χ1v) is 13.6. The fourth-order valence-electron chi connectivity index (χ4n) is 8.84. The zero-order valence-electron chi connectivity index (χ0n) is 20.5. The van der Waals surface area contributed by atoms with Crippen molar-refractivity contribution < 1.29 is 9.53 Å². The van der Waals surface area contributed by atoms with E-state index in [4.69, 9.17) is 16.3 Å². The van der Waals surface area contributed by atoms with Gasteiger partial charge in [-0.2, -0.15) is 0 Å². The largest absolute Gasteiger partial charge is 0.450 e.